The van der Waals surface area contributed by atoms with Crippen LogP contribution in [0.2, 0.25) is 0 Å². The number of anilines is 3. The average Bonchev–Trinajstić information content (AvgIpc) is 3.36. The Morgan fingerprint density at radius 3 is 2.76 bits per heavy atom. The number of oxazole rings is 1. The summed E-state index contributed by atoms with van der Waals surface area (Å²) in [4.78, 5) is 15.5. The average molecular weight is 424 g/mol. The Bertz CT molecular complexity index is 1110. The summed E-state index contributed by atoms with van der Waals surface area (Å²) in [5.41, 5.74) is 2.55. The second-order valence-electron chi connectivity index (χ2n) is 6.03. The maximum Gasteiger partial charge on any atom is 0.221 e. The molecule has 2 aromatic carbocycles. The number of carbonyl (C=O) groups is 1. The fourth-order valence-electron chi connectivity index (χ4n) is 2.56. The predicted molar refractivity (Wildman–Crippen MR) is 115 cm³/mol. The molecule has 0 spiro atoms. The largest absolute Gasteiger partial charge is 0.440 e. The van der Waals surface area contributed by atoms with Crippen LogP contribution in [0.4, 0.5) is 16.5 Å². The first-order valence-corrected chi connectivity index (χ1v) is 10.6. The van der Waals surface area contributed by atoms with E-state index in [0.717, 1.165) is 27.0 Å². The topological polar surface area (TPSA) is 92.9 Å². The molecule has 0 fully saturated rings. The minimum atomic E-state index is -0.112. The van der Waals surface area contributed by atoms with Crippen molar-refractivity contribution in [3.63, 3.8) is 0 Å². The summed E-state index contributed by atoms with van der Waals surface area (Å²) in [6, 6.07) is 17.3. The monoisotopic (exact) mass is 423 g/mol. The van der Waals surface area contributed by atoms with Gasteiger partial charge in [0, 0.05) is 23.9 Å². The van der Waals surface area contributed by atoms with Crippen LogP contribution in [0, 0.1) is 0 Å². The van der Waals surface area contributed by atoms with Crippen LogP contribution in [0.3, 0.4) is 0 Å². The molecule has 0 aliphatic carbocycles. The Hall–Kier alpha value is -3.17. The van der Waals surface area contributed by atoms with E-state index in [-0.39, 0.29) is 5.91 Å². The van der Waals surface area contributed by atoms with E-state index in [4.69, 9.17) is 4.42 Å². The molecule has 29 heavy (non-hydrogen) atoms. The van der Waals surface area contributed by atoms with Crippen LogP contribution in [-0.2, 0) is 10.5 Å². The molecule has 0 bridgehead atoms. The van der Waals surface area contributed by atoms with Crippen molar-refractivity contribution >= 4 is 45.5 Å². The zero-order valence-corrected chi connectivity index (χ0v) is 17.1. The maximum atomic E-state index is 11.2. The Labute approximate surface area is 175 Å². The molecule has 4 aromatic rings. The lowest BCUT2D eigenvalue weighted by molar-refractivity contribution is -0.114. The van der Waals surface area contributed by atoms with Gasteiger partial charge in [-0.05, 0) is 18.2 Å². The number of benzene rings is 2. The van der Waals surface area contributed by atoms with Crippen LogP contribution in [0.25, 0.3) is 11.3 Å². The van der Waals surface area contributed by atoms with Crippen LogP contribution >= 0.6 is 23.1 Å². The van der Waals surface area contributed by atoms with Gasteiger partial charge < -0.3 is 15.1 Å². The van der Waals surface area contributed by atoms with Crippen LogP contribution in [0.15, 0.2) is 69.6 Å². The van der Waals surface area contributed by atoms with Gasteiger partial charge in [0.15, 0.2) is 10.1 Å². The Morgan fingerprint density at radius 1 is 1.10 bits per heavy atom. The van der Waals surface area contributed by atoms with Crippen molar-refractivity contribution in [1.29, 1.82) is 0 Å². The van der Waals surface area contributed by atoms with E-state index in [1.54, 1.807) is 6.20 Å². The van der Waals surface area contributed by atoms with Gasteiger partial charge in [0.2, 0.25) is 16.9 Å². The van der Waals surface area contributed by atoms with Gasteiger partial charge in [-0.3, -0.25) is 4.79 Å². The van der Waals surface area contributed by atoms with Crippen LogP contribution < -0.4 is 10.6 Å². The lowest BCUT2D eigenvalue weighted by atomic mass is 10.2. The van der Waals surface area contributed by atoms with Crippen LogP contribution in [0.5, 0.6) is 0 Å². The highest BCUT2D eigenvalue weighted by molar-refractivity contribution is 8.00. The number of nitrogens with zero attached hydrogens (tertiary/aromatic N) is 3. The molecule has 146 valence electrons. The first-order chi connectivity index (χ1) is 14.2. The molecule has 0 atom stereocenters. The van der Waals surface area contributed by atoms with Gasteiger partial charge in [-0.15, -0.1) is 10.2 Å². The molecule has 9 heteroatoms. The van der Waals surface area contributed by atoms with Gasteiger partial charge in [-0.1, -0.05) is 59.5 Å². The number of rotatable bonds is 7. The van der Waals surface area contributed by atoms with E-state index in [1.807, 2.05) is 54.6 Å². The normalized spacial score (nSPS) is 10.7. The van der Waals surface area contributed by atoms with Crippen molar-refractivity contribution in [3.8, 4) is 11.3 Å². The lowest BCUT2D eigenvalue weighted by Crippen LogP contribution is -2.05. The van der Waals surface area contributed by atoms with Gasteiger partial charge in [0.05, 0.1) is 11.9 Å². The predicted octanol–water partition coefficient (Wildman–Crippen LogP) is 5.19. The number of nitrogens with one attached hydrogen (secondary N) is 2. The smallest absolute Gasteiger partial charge is 0.221 e. The van der Waals surface area contributed by atoms with Crippen molar-refractivity contribution < 1.29 is 9.21 Å². The molecular weight excluding hydrogens is 406 g/mol. The Balaban J connectivity index is 1.35. The Kier molecular flexibility index (Phi) is 5.87. The van der Waals surface area contributed by atoms with Gasteiger partial charge in [0.1, 0.15) is 0 Å². The molecule has 0 aliphatic heterocycles. The minimum Gasteiger partial charge on any atom is -0.440 e. The third-order valence-electron chi connectivity index (χ3n) is 3.77. The van der Waals surface area contributed by atoms with E-state index in [9.17, 15) is 4.79 Å². The summed E-state index contributed by atoms with van der Waals surface area (Å²) in [7, 11) is 0. The van der Waals surface area contributed by atoms with Gasteiger partial charge >= 0.3 is 0 Å². The first kappa shape index (κ1) is 19.2. The number of carbonyl (C=O) groups excluding carboxylic acids is 1. The van der Waals surface area contributed by atoms with E-state index >= 15 is 0 Å². The van der Waals surface area contributed by atoms with Gasteiger partial charge in [-0.2, -0.15) is 0 Å². The summed E-state index contributed by atoms with van der Waals surface area (Å²) in [6.45, 7) is 1.48. The SMILES string of the molecule is CC(=O)Nc1cccc(Nc2nnc(SCc3ncc(-c4ccccc4)o3)s2)c1. The molecule has 0 aliphatic rings. The highest BCUT2D eigenvalue weighted by Crippen LogP contribution is 2.31. The van der Waals surface area contributed by atoms with Crippen molar-refractivity contribution in [2.24, 2.45) is 0 Å². The van der Waals surface area contributed by atoms with E-state index in [1.165, 1.54) is 30.0 Å². The van der Waals surface area contributed by atoms with Crippen LogP contribution in [-0.4, -0.2) is 21.1 Å². The second-order valence-corrected chi connectivity index (χ2v) is 8.23. The molecule has 0 saturated heterocycles. The lowest BCUT2D eigenvalue weighted by Gasteiger charge is -2.05. The molecule has 4 rings (SSSR count). The molecule has 0 radical (unpaired) electrons. The van der Waals surface area contributed by atoms with E-state index in [2.05, 4.69) is 25.8 Å². The van der Waals surface area contributed by atoms with Crippen LogP contribution in [0.1, 0.15) is 12.8 Å². The first-order valence-electron chi connectivity index (χ1n) is 8.77. The molecule has 0 saturated carbocycles. The number of hydrogen-bond donors (Lipinski definition) is 2. The summed E-state index contributed by atoms with van der Waals surface area (Å²) in [5.74, 6) is 1.85. The van der Waals surface area contributed by atoms with Gasteiger partial charge in [-0.25, -0.2) is 4.98 Å². The van der Waals surface area contributed by atoms with Crippen molar-refractivity contribution in [2.45, 2.75) is 17.0 Å². The Morgan fingerprint density at radius 2 is 1.93 bits per heavy atom. The summed E-state index contributed by atoms with van der Waals surface area (Å²) in [6.07, 6.45) is 1.74. The fraction of sp³-hybridized carbons (Fsp3) is 0.100. The molecule has 2 heterocycles. The quantitative estimate of drug-likeness (QED) is 0.395. The maximum absolute atomic E-state index is 11.2. The third kappa shape index (κ3) is 5.21. The van der Waals surface area contributed by atoms with Crippen molar-refractivity contribution in [3.05, 3.63) is 66.7 Å². The zero-order valence-electron chi connectivity index (χ0n) is 15.5. The molecule has 2 N–H and O–H groups in total. The number of aromatic nitrogens is 3. The van der Waals surface area contributed by atoms with E-state index < -0.39 is 0 Å². The third-order valence-corrected chi connectivity index (χ3v) is 5.73. The summed E-state index contributed by atoms with van der Waals surface area (Å²) in [5, 5.41) is 15.0. The second kappa shape index (κ2) is 8.89. The summed E-state index contributed by atoms with van der Waals surface area (Å²) >= 11 is 2.96. The molecule has 7 nitrogen and oxygen atoms in total. The number of thioether (sulfide) groups is 1. The van der Waals surface area contributed by atoms with E-state index in [0.29, 0.717) is 16.8 Å². The number of amides is 1. The highest BCUT2D eigenvalue weighted by Gasteiger charge is 2.10. The molecule has 1 amide bonds. The highest BCUT2D eigenvalue weighted by atomic mass is 32.2. The number of hydrogen-bond acceptors (Lipinski definition) is 8. The molecule has 2 aromatic heterocycles. The fourth-order valence-corrected chi connectivity index (χ4v) is 4.18. The van der Waals surface area contributed by atoms with Gasteiger partial charge in [0.25, 0.3) is 0 Å². The zero-order chi connectivity index (χ0) is 20.1. The molecule has 0 unspecified atom stereocenters. The minimum absolute atomic E-state index is 0.112. The molecular formula is C20H17N5O2S2. The van der Waals surface area contributed by atoms with Crippen molar-refractivity contribution in [2.75, 3.05) is 10.6 Å². The standard InChI is InChI=1S/C20H17N5O2S2/c1-13(26)22-15-8-5-9-16(10-15)23-19-24-25-20(29-19)28-12-18-21-11-17(27-18)14-6-3-2-4-7-14/h2-11H,12H2,1H3,(H,22,26)(H,23,24). The summed E-state index contributed by atoms with van der Waals surface area (Å²) < 4.78 is 6.62. The van der Waals surface area contributed by atoms with Crippen molar-refractivity contribution in [1.82, 2.24) is 15.2 Å².